The van der Waals surface area contributed by atoms with Crippen LogP contribution in [0.5, 0.6) is 0 Å². The molecule has 2 aromatic rings. The number of aromatic amines is 1. The van der Waals surface area contributed by atoms with E-state index in [0.29, 0.717) is 28.9 Å². The second-order valence-electron chi connectivity index (χ2n) is 5.88. The van der Waals surface area contributed by atoms with Crippen molar-refractivity contribution in [2.45, 2.75) is 18.2 Å². The maximum Gasteiger partial charge on any atom is 0.251 e. The highest BCUT2D eigenvalue weighted by Crippen LogP contribution is 2.15. The highest BCUT2D eigenvalue weighted by atomic mass is 32.2. The summed E-state index contributed by atoms with van der Waals surface area (Å²) < 4.78 is 34.1. The average Bonchev–Trinajstić information content (AvgIpc) is 2.94. The molecule has 0 aliphatic heterocycles. The Morgan fingerprint density at radius 2 is 2.11 bits per heavy atom. The Morgan fingerprint density at radius 3 is 2.74 bits per heavy atom. The van der Waals surface area contributed by atoms with E-state index in [1.807, 2.05) is 0 Å². The number of carbonyl (C=O) groups excluding carboxylic acids is 1. The third-order valence-corrected chi connectivity index (χ3v) is 5.79. The molecule has 2 rings (SSSR count). The van der Waals surface area contributed by atoms with Crippen LogP contribution >= 0.6 is 12.2 Å². The molecule has 3 N–H and O–H groups in total. The van der Waals surface area contributed by atoms with Gasteiger partial charge < -0.3 is 14.6 Å². The van der Waals surface area contributed by atoms with E-state index in [-0.39, 0.29) is 24.0 Å². The Morgan fingerprint density at radius 1 is 1.37 bits per heavy atom. The molecule has 0 unspecified atom stereocenters. The number of H-pyrrole nitrogens is 1. The molecule has 0 atom stereocenters. The first-order valence-corrected chi connectivity index (χ1v) is 10.1. The Hall–Kier alpha value is -2.08. The average molecular weight is 414 g/mol. The van der Waals surface area contributed by atoms with Crippen LogP contribution in [0, 0.1) is 11.7 Å². The normalized spacial score (nSPS) is 11.5. The summed E-state index contributed by atoms with van der Waals surface area (Å²) >= 11 is 5.04. The van der Waals surface area contributed by atoms with Crippen molar-refractivity contribution >= 4 is 28.1 Å². The molecule has 0 spiro atoms. The number of carbonyl (C=O) groups is 1. The third kappa shape index (κ3) is 5.45. The summed E-state index contributed by atoms with van der Waals surface area (Å²) in [4.78, 5) is 12.5. The molecule has 1 aromatic heterocycles. The van der Waals surface area contributed by atoms with Gasteiger partial charge in [0.2, 0.25) is 10.0 Å². The first kappa shape index (κ1) is 21.2. The summed E-state index contributed by atoms with van der Waals surface area (Å²) in [6.45, 7) is 2.50. The predicted molar refractivity (Wildman–Crippen MR) is 103 cm³/mol. The second-order valence-corrected chi connectivity index (χ2v) is 8.03. The molecule has 1 amide bonds. The van der Waals surface area contributed by atoms with E-state index in [4.69, 9.17) is 17.0 Å². The van der Waals surface area contributed by atoms with Gasteiger partial charge >= 0.3 is 0 Å². The zero-order valence-corrected chi connectivity index (χ0v) is 17.0. The lowest BCUT2D eigenvalue weighted by atomic mass is 10.1. The Balaban J connectivity index is 2.07. The van der Waals surface area contributed by atoms with Crippen LogP contribution in [0.3, 0.4) is 0 Å². The van der Waals surface area contributed by atoms with Gasteiger partial charge in [0.25, 0.3) is 5.91 Å². The van der Waals surface area contributed by atoms with E-state index in [9.17, 15) is 13.2 Å². The Bertz CT molecular complexity index is 965. The summed E-state index contributed by atoms with van der Waals surface area (Å²) in [6, 6.07) is 4.45. The van der Waals surface area contributed by atoms with Crippen LogP contribution in [0.1, 0.15) is 21.7 Å². The second kappa shape index (κ2) is 9.22. The topological polar surface area (TPSA) is 118 Å². The maximum absolute atomic E-state index is 12.5. The van der Waals surface area contributed by atoms with Crippen molar-refractivity contribution in [3.63, 3.8) is 0 Å². The Labute approximate surface area is 163 Å². The lowest BCUT2D eigenvalue weighted by Crippen LogP contribution is -2.29. The number of hydrogen-bond donors (Lipinski definition) is 3. The van der Waals surface area contributed by atoms with Crippen molar-refractivity contribution in [3.8, 4) is 0 Å². The van der Waals surface area contributed by atoms with Crippen molar-refractivity contribution in [2.24, 2.45) is 7.05 Å². The predicted octanol–water partition coefficient (Wildman–Crippen LogP) is 0.683. The molecular formula is C16H23N5O4S2. The summed E-state index contributed by atoms with van der Waals surface area (Å²) in [5.41, 5.74) is 0.987. The van der Waals surface area contributed by atoms with E-state index in [1.165, 1.54) is 19.2 Å². The van der Waals surface area contributed by atoms with Gasteiger partial charge in [-0.3, -0.25) is 9.89 Å². The lowest BCUT2D eigenvalue weighted by molar-refractivity contribution is 0.0953. The van der Waals surface area contributed by atoms with Crippen LogP contribution in [-0.4, -0.2) is 55.9 Å². The Kier molecular flexibility index (Phi) is 7.25. The van der Waals surface area contributed by atoms with E-state index < -0.39 is 10.0 Å². The van der Waals surface area contributed by atoms with Crippen LogP contribution < -0.4 is 10.0 Å². The zero-order chi connectivity index (χ0) is 20.0. The van der Waals surface area contributed by atoms with Crippen LogP contribution in [0.15, 0.2) is 23.1 Å². The van der Waals surface area contributed by atoms with Crippen molar-refractivity contribution in [1.29, 1.82) is 0 Å². The summed E-state index contributed by atoms with van der Waals surface area (Å²) in [5, 5.41) is 9.54. The molecule has 11 heteroatoms. The summed E-state index contributed by atoms with van der Waals surface area (Å²) in [6.07, 6.45) is 0.491. The summed E-state index contributed by atoms with van der Waals surface area (Å²) in [7, 11) is -0.434. The third-order valence-electron chi connectivity index (χ3n) is 3.97. The van der Waals surface area contributed by atoms with Crippen molar-refractivity contribution in [2.75, 3.05) is 26.8 Å². The van der Waals surface area contributed by atoms with E-state index in [2.05, 4.69) is 20.2 Å². The molecule has 9 nitrogen and oxygen atoms in total. The molecule has 0 saturated heterocycles. The number of sulfonamides is 1. The van der Waals surface area contributed by atoms with Gasteiger partial charge in [0.05, 0.1) is 11.5 Å². The molecule has 0 aliphatic carbocycles. The first-order valence-electron chi connectivity index (χ1n) is 8.24. The molecule has 0 fully saturated rings. The van der Waals surface area contributed by atoms with Crippen molar-refractivity contribution in [1.82, 2.24) is 24.8 Å². The quantitative estimate of drug-likeness (QED) is 0.411. The largest absolute Gasteiger partial charge is 0.383 e. The fraction of sp³-hybridized carbons (Fsp3) is 0.438. The lowest BCUT2D eigenvalue weighted by Gasteiger charge is -2.11. The molecule has 0 radical (unpaired) electrons. The zero-order valence-electron chi connectivity index (χ0n) is 15.4. The molecule has 1 aromatic carbocycles. The molecule has 1 heterocycles. The minimum absolute atomic E-state index is 0.0313. The molecule has 0 saturated carbocycles. The van der Waals surface area contributed by atoms with Gasteiger partial charge in [-0.25, -0.2) is 13.1 Å². The smallest absolute Gasteiger partial charge is 0.251 e. The van der Waals surface area contributed by atoms with Gasteiger partial charge in [0, 0.05) is 39.2 Å². The highest BCUT2D eigenvalue weighted by Gasteiger charge is 2.17. The van der Waals surface area contributed by atoms with Gasteiger partial charge in [-0.1, -0.05) is 6.07 Å². The van der Waals surface area contributed by atoms with Gasteiger partial charge in [0.15, 0.2) is 4.77 Å². The van der Waals surface area contributed by atoms with Crippen LogP contribution in [0.4, 0.5) is 0 Å². The molecular weight excluding hydrogens is 390 g/mol. The first-order chi connectivity index (χ1) is 12.8. The number of aromatic nitrogens is 3. The molecule has 0 bridgehead atoms. The highest BCUT2D eigenvalue weighted by molar-refractivity contribution is 7.89. The number of nitrogens with zero attached hydrogens (tertiary/aromatic N) is 2. The van der Waals surface area contributed by atoms with Crippen LogP contribution in [0.25, 0.3) is 0 Å². The van der Waals surface area contributed by atoms with Crippen LogP contribution in [0.2, 0.25) is 0 Å². The van der Waals surface area contributed by atoms with E-state index >= 15 is 0 Å². The monoisotopic (exact) mass is 413 g/mol. The SMILES string of the molecule is COCCNS(=O)(=O)c1ccc(C)c(C(=O)NCCc2n[nH]c(=S)n2C)c1. The standard InChI is InChI=1S/C16H23N5O4S2/c1-11-4-5-12(27(23,24)18-8-9-25-3)10-13(11)15(22)17-7-6-14-19-20-16(26)21(14)2/h4-5,10,18H,6-9H2,1-3H3,(H,17,22)(H,20,26). The molecule has 148 valence electrons. The van der Waals surface area contributed by atoms with Gasteiger partial charge in [-0.15, -0.1) is 0 Å². The van der Waals surface area contributed by atoms with Gasteiger partial charge in [-0.2, -0.15) is 5.10 Å². The van der Waals surface area contributed by atoms with E-state index in [1.54, 1.807) is 24.6 Å². The number of rotatable bonds is 9. The maximum atomic E-state index is 12.5. The minimum Gasteiger partial charge on any atom is -0.383 e. The van der Waals surface area contributed by atoms with E-state index in [0.717, 1.165) is 5.82 Å². The number of nitrogens with one attached hydrogen (secondary N) is 3. The minimum atomic E-state index is -3.71. The number of benzene rings is 1. The van der Waals surface area contributed by atoms with Crippen LogP contribution in [-0.2, 0) is 28.2 Å². The van der Waals surface area contributed by atoms with Crippen molar-refractivity contribution in [3.05, 3.63) is 39.9 Å². The number of ether oxygens (including phenoxy) is 1. The van der Waals surface area contributed by atoms with Gasteiger partial charge in [0.1, 0.15) is 5.82 Å². The summed E-state index contributed by atoms with van der Waals surface area (Å²) in [5.74, 6) is 0.369. The molecule has 27 heavy (non-hydrogen) atoms. The molecule has 0 aliphatic rings. The number of hydrogen-bond acceptors (Lipinski definition) is 6. The number of amides is 1. The van der Waals surface area contributed by atoms with Gasteiger partial charge in [-0.05, 0) is 36.8 Å². The fourth-order valence-corrected chi connectivity index (χ4v) is 3.55. The number of aryl methyl sites for hydroxylation is 1. The number of methoxy groups -OCH3 is 1. The van der Waals surface area contributed by atoms with Crippen molar-refractivity contribution < 1.29 is 17.9 Å². The fourth-order valence-electron chi connectivity index (χ4n) is 2.36.